The Morgan fingerprint density at radius 3 is 2.20 bits per heavy atom. The van der Waals surface area contributed by atoms with Gasteiger partial charge >= 0.3 is 0 Å². The Hall–Kier alpha value is -0.900. The van der Waals surface area contributed by atoms with Crippen molar-refractivity contribution in [2.24, 2.45) is 5.84 Å². The SMILES string of the molecule is COC1(C(Cc2c(C)cc(C)cc2C)NN)CCCC1. The molecule has 0 bridgehead atoms. The lowest BCUT2D eigenvalue weighted by atomic mass is 9.85. The Bertz CT molecular complexity index is 441. The van der Waals surface area contributed by atoms with Gasteiger partial charge in [0.2, 0.25) is 0 Å². The van der Waals surface area contributed by atoms with Crippen LogP contribution in [0.3, 0.4) is 0 Å². The van der Waals surface area contributed by atoms with Crippen molar-refractivity contribution >= 4 is 0 Å². The minimum atomic E-state index is -0.0987. The van der Waals surface area contributed by atoms with Crippen LogP contribution in [-0.4, -0.2) is 18.8 Å². The Balaban J connectivity index is 2.27. The standard InChI is InChI=1S/C17H28N2O/c1-12-9-13(2)15(14(3)10-12)11-16(19-18)17(20-4)7-5-6-8-17/h9-10,16,19H,5-8,11,18H2,1-4H3. The number of aryl methyl sites for hydroxylation is 3. The number of ether oxygens (including phenoxy) is 1. The van der Waals surface area contributed by atoms with Gasteiger partial charge in [0.15, 0.2) is 0 Å². The van der Waals surface area contributed by atoms with Crippen LogP contribution in [-0.2, 0) is 11.2 Å². The second-order valence-electron chi connectivity index (χ2n) is 6.28. The third-order valence-electron chi connectivity index (χ3n) is 4.94. The molecule has 1 atom stereocenters. The minimum Gasteiger partial charge on any atom is -0.377 e. The summed E-state index contributed by atoms with van der Waals surface area (Å²) in [5.74, 6) is 5.86. The molecule has 0 heterocycles. The van der Waals surface area contributed by atoms with Crippen molar-refractivity contribution in [3.05, 3.63) is 34.4 Å². The number of hydrogen-bond acceptors (Lipinski definition) is 3. The summed E-state index contributed by atoms with van der Waals surface area (Å²) in [6.07, 6.45) is 5.60. The van der Waals surface area contributed by atoms with Crippen LogP contribution in [0, 0.1) is 20.8 Å². The van der Waals surface area contributed by atoms with E-state index < -0.39 is 0 Å². The van der Waals surface area contributed by atoms with Gasteiger partial charge in [0, 0.05) is 7.11 Å². The van der Waals surface area contributed by atoms with Crippen molar-refractivity contribution in [3.8, 4) is 0 Å². The topological polar surface area (TPSA) is 47.3 Å². The molecule has 0 amide bonds. The summed E-state index contributed by atoms with van der Waals surface area (Å²) >= 11 is 0. The number of hydrazine groups is 1. The normalized spacial score (nSPS) is 19.2. The van der Waals surface area contributed by atoms with Gasteiger partial charge in [-0.3, -0.25) is 11.3 Å². The molecule has 2 rings (SSSR count). The highest BCUT2D eigenvalue weighted by Crippen LogP contribution is 2.37. The fourth-order valence-corrected chi connectivity index (χ4v) is 3.80. The van der Waals surface area contributed by atoms with Crippen LogP contribution < -0.4 is 11.3 Å². The first-order valence-corrected chi connectivity index (χ1v) is 7.60. The molecule has 1 aromatic rings. The molecule has 3 heteroatoms. The maximum atomic E-state index is 5.88. The van der Waals surface area contributed by atoms with E-state index in [1.54, 1.807) is 0 Å². The Morgan fingerprint density at radius 1 is 1.20 bits per heavy atom. The highest BCUT2D eigenvalue weighted by molar-refractivity contribution is 5.38. The highest BCUT2D eigenvalue weighted by atomic mass is 16.5. The average molecular weight is 276 g/mol. The molecule has 1 unspecified atom stereocenters. The average Bonchev–Trinajstić information content (AvgIpc) is 2.88. The molecule has 0 radical (unpaired) electrons. The van der Waals surface area contributed by atoms with Crippen molar-refractivity contribution in [1.29, 1.82) is 0 Å². The van der Waals surface area contributed by atoms with Gasteiger partial charge in [0.25, 0.3) is 0 Å². The molecule has 1 aliphatic carbocycles. The number of rotatable bonds is 5. The molecule has 1 fully saturated rings. The number of methoxy groups -OCH3 is 1. The van der Waals surface area contributed by atoms with Crippen molar-refractivity contribution in [2.75, 3.05) is 7.11 Å². The van der Waals surface area contributed by atoms with E-state index in [2.05, 4.69) is 38.3 Å². The molecule has 1 saturated carbocycles. The van der Waals surface area contributed by atoms with Gasteiger partial charge in [-0.15, -0.1) is 0 Å². The summed E-state index contributed by atoms with van der Waals surface area (Å²) in [6.45, 7) is 6.53. The zero-order valence-corrected chi connectivity index (χ0v) is 13.3. The van der Waals surface area contributed by atoms with E-state index in [9.17, 15) is 0 Å². The second kappa shape index (κ2) is 6.25. The first-order chi connectivity index (χ1) is 9.52. The van der Waals surface area contributed by atoms with Crippen molar-refractivity contribution in [3.63, 3.8) is 0 Å². The predicted molar refractivity (Wildman–Crippen MR) is 83.7 cm³/mol. The van der Waals surface area contributed by atoms with Crippen LogP contribution in [0.4, 0.5) is 0 Å². The lowest BCUT2D eigenvalue weighted by Gasteiger charge is -2.36. The maximum absolute atomic E-state index is 5.88. The maximum Gasteiger partial charge on any atom is 0.0847 e. The van der Waals surface area contributed by atoms with Crippen LogP contribution in [0.2, 0.25) is 0 Å². The lowest BCUT2D eigenvalue weighted by molar-refractivity contribution is -0.0356. The fraction of sp³-hybridized carbons (Fsp3) is 0.647. The predicted octanol–water partition coefficient (Wildman–Crippen LogP) is 2.95. The summed E-state index contributed by atoms with van der Waals surface area (Å²) < 4.78 is 5.88. The second-order valence-corrected chi connectivity index (χ2v) is 6.28. The van der Waals surface area contributed by atoms with Crippen molar-refractivity contribution in [2.45, 2.75) is 64.5 Å². The van der Waals surface area contributed by atoms with Crippen LogP contribution in [0.5, 0.6) is 0 Å². The third-order valence-corrected chi connectivity index (χ3v) is 4.94. The van der Waals surface area contributed by atoms with Gasteiger partial charge in [-0.2, -0.15) is 0 Å². The van der Waals surface area contributed by atoms with E-state index in [0.29, 0.717) is 0 Å². The quantitative estimate of drug-likeness (QED) is 0.642. The Morgan fingerprint density at radius 2 is 1.75 bits per heavy atom. The van der Waals surface area contributed by atoms with Gasteiger partial charge in [-0.05, 0) is 56.7 Å². The molecule has 3 N–H and O–H groups in total. The molecular weight excluding hydrogens is 248 g/mol. The number of nitrogens with two attached hydrogens (primary N) is 1. The van der Waals surface area contributed by atoms with E-state index in [0.717, 1.165) is 19.3 Å². The van der Waals surface area contributed by atoms with Crippen LogP contribution in [0.1, 0.15) is 47.9 Å². The first kappa shape index (κ1) is 15.5. The summed E-state index contributed by atoms with van der Waals surface area (Å²) in [5.41, 5.74) is 8.36. The Kier molecular flexibility index (Phi) is 4.84. The molecule has 1 aromatic carbocycles. The van der Waals surface area contributed by atoms with Gasteiger partial charge in [0.05, 0.1) is 11.6 Å². The molecule has 0 aromatic heterocycles. The highest BCUT2D eigenvalue weighted by Gasteiger charge is 2.41. The van der Waals surface area contributed by atoms with Gasteiger partial charge in [0.1, 0.15) is 0 Å². The summed E-state index contributed by atoms with van der Waals surface area (Å²) in [6, 6.07) is 4.68. The van der Waals surface area contributed by atoms with Crippen molar-refractivity contribution < 1.29 is 4.74 Å². The third kappa shape index (κ3) is 2.90. The zero-order chi connectivity index (χ0) is 14.8. The number of hydrogen-bond donors (Lipinski definition) is 2. The first-order valence-electron chi connectivity index (χ1n) is 7.60. The molecule has 0 aliphatic heterocycles. The smallest absolute Gasteiger partial charge is 0.0847 e. The summed E-state index contributed by atoms with van der Waals surface area (Å²) in [5, 5.41) is 0. The van der Waals surface area contributed by atoms with Crippen LogP contribution in [0.15, 0.2) is 12.1 Å². The van der Waals surface area contributed by atoms with E-state index >= 15 is 0 Å². The largest absolute Gasteiger partial charge is 0.377 e. The minimum absolute atomic E-state index is 0.0987. The van der Waals surface area contributed by atoms with Crippen LogP contribution >= 0.6 is 0 Å². The van der Waals surface area contributed by atoms with Gasteiger partial charge in [-0.1, -0.05) is 30.5 Å². The molecule has 1 aliphatic rings. The van der Waals surface area contributed by atoms with Gasteiger partial charge in [-0.25, -0.2) is 0 Å². The molecule has 112 valence electrons. The van der Waals surface area contributed by atoms with Gasteiger partial charge < -0.3 is 4.74 Å². The lowest BCUT2D eigenvalue weighted by Crippen LogP contribution is -2.54. The van der Waals surface area contributed by atoms with E-state index in [1.165, 1.54) is 35.1 Å². The summed E-state index contributed by atoms with van der Waals surface area (Å²) in [4.78, 5) is 0. The summed E-state index contributed by atoms with van der Waals surface area (Å²) in [7, 11) is 1.82. The zero-order valence-electron chi connectivity index (χ0n) is 13.3. The van der Waals surface area contributed by atoms with E-state index in [-0.39, 0.29) is 11.6 Å². The van der Waals surface area contributed by atoms with Crippen LogP contribution in [0.25, 0.3) is 0 Å². The Labute approximate surface area is 122 Å². The number of benzene rings is 1. The fourth-order valence-electron chi connectivity index (χ4n) is 3.80. The molecule has 0 spiro atoms. The monoisotopic (exact) mass is 276 g/mol. The molecule has 0 saturated heterocycles. The van der Waals surface area contributed by atoms with E-state index in [4.69, 9.17) is 10.6 Å². The molecule has 3 nitrogen and oxygen atoms in total. The molecular formula is C17H28N2O. The van der Waals surface area contributed by atoms with Crippen molar-refractivity contribution in [1.82, 2.24) is 5.43 Å². The number of nitrogens with one attached hydrogen (secondary N) is 1. The van der Waals surface area contributed by atoms with E-state index in [1.807, 2.05) is 7.11 Å². The molecule has 20 heavy (non-hydrogen) atoms.